The van der Waals surface area contributed by atoms with E-state index < -0.39 is 0 Å². The van der Waals surface area contributed by atoms with Gasteiger partial charge in [-0.25, -0.2) is 4.98 Å². The molecule has 0 unspecified atom stereocenters. The van der Waals surface area contributed by atoms with Crippen LogP contribution in [0.3, 0.4) is 0 Å². The maximum absolute atomic E-state index is 12.7. The Morgan fingerprint density at radius 2 is 1.20 bits per heavy atom. The van der Waals surface area contributed by atoms with Gasteiger partial charge in [-0.1, -0.05) is 84.9 Å². The topological polar surface area (TPSA) is 72.9 Å². The molecule has 0 atom stereocenters. The van der Waals surface area contributed by atoms with E-state index in [4.69, 9.17) is 5.73 Å². The molecule has 0 aliphatic rings. The fraction of sp³-hybridized carbons (Fsp3) is 0.150. The number of carbonyl (C=O) groups is 1. The van der Waals surface area contributed by atoms with Crippen molar-refractivity contribution in [2.24, 2.45) is 0 Å². The number of carbonyl (C=O) groups excluding carboxylic acids is 1. The first-order valence-corrected chi connectivity index (χ1v) is 15.4. The molecule has 5 heteroatoms. The molecule has 3 N–H and O–H groups in total. The van der Waals surface area contributed by atoms with Crippen LogP contribution in [0.1, 0.15) is 43.7 Å². The summed E-state index contributed by atoms with van der Waals surface area (Å²) in [6.07, 6.45) is 9.48. The lowest BCUT2D eigenvalue weighted by Crippen LogP contribution is -2.13. The second-order valence-electron chi connectivity index (χ2n) is 11.3. The molecule has 226 valence electrons. The van der Waals surface area contributed by atoms with E-state index >= 15 is 0 Å². The van der Waals surface area contributed by atoms with Crippen molar-refractivity contribution in [3.63, 3.8) is 0 Å². The number of hydrogen-bond donors (Lipinski definition) is 2. The summed E-state index contributed by atoms with van der Waals surface area (Å²) < 4.78 is 1.90. The summed E-state index contributed by atoms with van der Waals surface area (Å²) in [6, 6.07) is 41.1. The summed E-state index contributed by atoms with van der Waals surface area (Å²) in [4.78, 5) is 17.1. The summed E-state index contributed by atoms with van der Waals surface area (Å²) in [5.41, 5.74) is 15.6. The molecule has 1 amide bonds. The Kier molecular flexibility index (Phi) is 10.6. The van der Waals surface area contributed by atoms with Gasteiger partial charge in [0.15, 0.2) is 0 Å². The normalized spacial score (nSPS) is 10.5. The van der Waals surface area contributed by atoms with Gasteiger partial charge in [0.1, 0.15) is 5.82 Å². The maximum atomic E-state index is 12.7. The quantitative estimate of drug-likeness (QED) is 0.165. The second-order valence-corrected chi connectivity index (χ2v) is 11.3. The van der Waals surface area contributed by atoms with Crippen LogP contribution < -0.4 is 11.1 Å². The van der Waals surface area contributed by atoms with Crippen molar-refractivity contribution in [1.82, 2.24) is 9.55 Å². The van der Waals surface area contributed by atoms with Crippen LogP contribution in [-0.2, 0) is 25.7 Å². The molecule has 5 nitrogen and oxygen atoms in total. The Morgan fingerprint density at radius 3 is 1.76 bits per heavy atom. The lowest BCUT2D eigenvalue weighted by Gasteiger charge is -2.11. The number of nitrogen functional groups attached to an aromatic ring is 1. The van der Waals surface area contributed by atoms with Gasteiger partial charge in [0.2, 0.25) is 0 Å². The highest BCUT2D eigenvalue weighted by Gasteiger charge is 2.10. The molecule has 2 heterocycles. The fourth-order valence-electron chi connectivity index (χ4n) is 5.03. The van der Waals surface area contributed by atoms with E-state index in [9.17, 15) is 4.79 Å². The SMILES string of the molecule is Cc1ccc(CCc2ccccc2)cc1N.Cc1ccc(CCc2ccccc2)cc1NC(=O)c1ccc(-n2cccc2)nc1. The maximum Gasteiger partial charge on any atom is 0.257 e. The average Bonchev–Trinajstić information content (AvgIpc) is 3.62. The van der Waals surface area contributed by atoms with E-state index in [1.165, 1.54) is 22.3 Å². The Morgan fingerprint density at radius 1 is 0.644 bits per heavy atom. The number of aromatic nitrogens is 2. The third-order valence-corrected chi connectivity index (χ3v) is 7.86. The van der Waals surface area contributed by atoms with Crippen LogP contribution in [0.4, 0.5) is 11.4 Å². The Balaban J connectivity index is 0.000000211. The van der Waals surface area contributed by atoms with Crippen molar-refractivity contribution >= 4 is 17.3 Å². The minimum atomic E-state index is -0.153. The van der Waals surface area contributed by atoms with Crippen molar-refractivity contribution in [3.8, 4) is 5.82 Å². The molecule has 0 aliphatic carbocycles. The molecule has 0 saturated heterocycles. The highest BCUT2D eigenvalue weighted by atomic mass is 16.1. The van der Waals surface area contributed by atoms with E-state index in [1.807, 2.05) is 61.1 Å². The highest BCUT2D eigenvalue weighted by Crippen LogP contribution is 2.20. The fourth-order valence-corrected chi connectivity index (χ4v) is 5.03. The van der Waals surface area contributed by atoms with Crippen molar-refractivity contribution in [3.05, 3.63) is 179 Å². The summed E-state index contributed by atoms with van der Waals surface area (Å²) in [6.45, 7) is 4.04. The molecule has 2 aromatic heterocycles. The number of amides is 1. The van der Waals surface area contributed by atoms with Gasteiger partial charge in [0.25, 0.3) is 5.91 Å². The molecular weight excluding hydrogens is 552 g/mol. The smallest absolute Gasteiger partial charge is 0.257 e. The number of hydrogen-bond acceptors (Lipinski definition) is 3. The first kappa shape index (κ1) is 31.0. The number of nitrogens with one attached hydrogen (secondary N) is 1. The third kappa shape index (κ3) is 9.04. The first-order chi connectivity index (χ1) is 21.9. The van der Waals surface area contributed by atoms with Crippen LogP contribution in [0.5, 0.6) is 0 Å². The van der Waals surface area contributed by atoms with Gasteiger partial charge in [-0.3, -0.25) is 4.79 Å². The van der Waals surface area contributed by atoms with E-state index in [1.54, 1.807) is 12.3 Å². The number of pyridine rings is 1. The highest BCUT2D eigenvalue weighted by molar-refractivity contribution is 6.04. The van der Waals surface area contributed by atoms with E-state index in [2.05, 4.69) is 95.2 Å². The van der Waals surface area contributed by atoms with Crippen LogP contribution >= 0.6 is 0 Å². The van der Waals surface area contributed by atoms with Gasteiger partial charge in [-0.15, -0.1) is 0 Å². The van der Waals surface area contributed by atoms with Crippen molar-refractivity contribution in [2.45, 2.75) is 39.5 Å². The number of nitrogens with zero attached hydrogens (tertiary/aromatic N) is 2. The van der Waals surface area contributed by atoms with Gasteiger partial charge in [0, 0.05) is 30.0 Å². The Labute approximate surface area is 266 Å². The zero-order valence-electron chi connectivity index (χ0n) is 26.0. The summed E-state index contributed by atoms with van der Waals surface area (Å²) in [5, 5.41) is 3.03. The van der Waals surface area contributed by atoms with Crippen molar-refractivity contribution < 1.29 is 4.79 Å². The molecule has 0 radical (unpaired) electrons. The summed E-state index contributed by atoms with van der Waals surface area (Å²) in [5.74, 6) is 0.630. The van der Waals surface area contributed by atoms with Crippen molar-refractivity contribution in [2.75, 3.05) is 11.1 Å². The van der Waals surface area contributed by atoms with Gasteiger partial charge in [0.05, 0.1) is 5.56 Å². The van der Waals surface area contributed by atoms with Gasteiger partial charge in [-0.05, 0) is 109 Å². The Hall–Kier alpha value is -5.42. The van der Waals surface area contributed by atoms with E-state index in [0.717, 1.165) is 54.0 Å². The minimum Gasteiger partial charge on any atom is -0.399 e. The number of rotatable bonds is 9. The summed E-state index contributed by atoms with van der Waals surface area (Å²) >= 11 is 0. The number of benzene rings is 4. The van der Waals surface area contributed by atoms with Gasteiger partial charge in [-0.2, -0.15) is 0 Å². The lowest BCUT2D eigenvalue weighted by atomic mass is 10.0. The molecule has 6 rings (SSSR count). The molecule has 0 spiro atoms. The van der Waals surface area contributed by atoms with Crippen LogP contribution in [0, 0.1) is 13.8 Å². The molecule has 0 aliphatic heterocycles. The van der Waals surface area contributed by atoms with Gasteiger partial charge >= 0.3 is 0 Å². The van der Waals surface area contributed by atoms with Crippen molar-refractivity contribution in [1.29, 1.82) is 0 Å². The Bertz CT molecular complexity index is 1800. The second kappa shape index (κ2) is 15.3. The zero-order valence-corrected chi connectivity index (χ0v) is 26.0. The van der Waals surface area contributed by atoms with Crippen LogP contribution in [-0.4, -0.2) is 15.5 Å². The molecule has 4 aromatic carbocycles. The molecule has 45 heavy (non-hydrogen) atoms. The van der Waals surface area contributed by atoms with E-state index in [-0.39, 0.29) is 5.91 Å². The molecule has 0 fully saturated rings. The molecule has 0 bridgehead atoms. The van der Waals surface area contributed by atoms with E-state index in [0.29, 0.717) is 5.56 Å². The largest absolute Gasteiger partial charge is 0.399 e. The van der Waals surface area contributed by atoms with Gasteiger partial charge < -0.3 is 15.6 Å². The van der Waals surface area contributed by atoms with Crippen LogP contribution in [0.15, 0.2) is 140 Å². The van der Waals surface area contributed by atoms with Crippen LogP contribution in [0.25, 0.3) is 5.82 Å². The minimum absolute atomic E-state index is 0.153. The third-order valence-electron chi connectivity index (χ3n) is 7.86. The standard InChI is InChI=1S/C25H23N3O.C15H17N/c1-19-9-10-21(12-11-20-7-3-2-4-8-20)17-23(19)27-25(29)22-13-14-24(26-18-22)28-15-5-6-16-28;1-12-7-8-14(11-15(12)16)10-9-13-5-3-2-4-6-13/h2-10,13-18H,11-12H2,1H3,(H,27,29);2-8,11H,9-10,16H2,1H3. The predicted octanol–water partition coefficient (Wildman–Crippen LogP) is 8.58. The number of aryl methyl sites for hydroxylation is 6. The predicted molar refractivity (Wildman–Crippen MR) is 186 cm³/mol. The molecular formula is C40H40N4O. The zero-order chi connectivity index (χ0) is 31.4. The monoisotopic (exact) mass is 592 g/mol. The number of nitrogens with two attached hydrogens (primary N) is 1. The summed E-state index contributed by atoms with van der Waals surface area (Å²) in [7, 11) is 0. The average molecular weight is 593 g/mol. The first-order valence-electron chi connectivity index (χ1n) is 15.4. The molecule has 6 aromatic rings. The molecule has 0 saturated carbocycles. The number of anilines is 2. The van der Waals surface area contributed by atoms with Crippen LogP contribution in [0.2, 0.25) is 0 Å². The lowest BCUT2D eigenvalue weighted by molar-refractivity contribution is 0.102.